The third kappa shape index (κ3) is 2.68. The monoisotopic (exact) mass is 424 g/mol. The van der Waals surface area contributed by atoms with Crippen LogP contribution in [0.2, 0.25) is 0 Å². The highest BCUT2D eigenvalue weighted by atomic mass is 32.1. The first kappa shape index (κ1) is 17.8. The lowest BCUT2D eigenvalue weighted by Gasteiger charge is -2.02. The first-order valence-electron chi connectivity index (χ1n) is 9.98. The Bertz CT molecular complexity index is 1380. The van der Waals surface area contributed by atoms with Crippen molar-refractivity contribution in [2.24, 2.45) is 0 Å². The quantitative estimate of drug-likeness (QED) is 0.392. The molecule has 6 rings (SSSR count). The first-order chi connectivity index (χ1) is 14.7. The largest absolute Gasteiger partial charge is 0.355 e. The zero-order valence-electron chi connectivity index (χ0n) is 16.4. The number of H-pyrrole nitrogens is 2. The molecule has 0 saturated heterocycles. The maximum absolute atomic E-state index is 4.34. The van der Waals surface area contributed by atoms with E-state index < -0.39 is 0 Å². The van der Waals surface area contributed by atoms with E-state index in [0.717, 1.165) is 34.9 Å². The fourth-order valence-electron chi connectivity index (χ4n) is 4.54. The number of nitrogens with one attached hydrogen (secondary N) is 2. The normalized spacial score (nSPS) is 16.1. The third-order valence-electron chi connectivity index (χ3n) is 5.96. The van der Waals surface area contributed by atoms with Crippen LogP contribution >= 0.6 is 22.7 Å². The van der Waals surface area contributed by atoms with Crippen molar-refractivity contribution in [3.8, 4) is 0 Å². The minimum absolute atomic E-state index is 0.933. The average molecular weight is 425 g/mol. The van der Waals surface area contributed by atoms with Crippen LogP contribution in [0.3, 0.4) is 0 Å². The molecule has 4 heterocycles. The van der Waals surface area contributed by atoms with Gasteiger partial charge in [-0.1, -0.05) is 49.6 Å². The molecular formula is C26H20N2S2. The van der Waals surface area contributed by atoms with Crippen molar-refractivity contribution in [2.45, 2.75) is 12.8 Å². The minimum atomic E-state index is 0.933. The van der Waals surface area contributed by atoms with E-state index in [4.69, 9.17) is 0 Å². The van der Waals surface area contributed by atoms with Crippen LogP contribution in [0.25, 0.3) is 46.2 Å². The van der Waals surface area contributed by atoms with E-state index in [0.29, 0.717) is 0 Å². The third-order valence-corrected chi connectivity index (χ3v) is 7.85. The highest BCUT2D eigenvalue weighted by molar-refractivity contribution is 7.11. The Morgan fingerprint density at radius 3 is 1.47 bits per heavy atom. The van der Waals surface area contributed by atoms with Gasteiger partial charge in [0.2, 0.25) is 0 Å². The Hall–Kier alpha value is -3.08. The molecule has 0 radical (unpaired) electrons. The summed E-state index contributed by atoms with van der Waals surface area (Å²) in [6, 6.07) is 8.60. The number of fused-ring (bicyclic) bond motifs is 1. The Morgan fingerprint density at radius 1 is 0.633 bits per heavy atom. The number of aromatic amines is 2. The smallest absolute Gasteiger partial charge is 0.0522 e. The predicted molar refractivity (Wildman–Crippen MR) is 133 cm³/mol. The predicted octanol–water partition coefficient (Wildman–Crippen LogP) is 6.18. The lowest BCUT2D eigenvalue weighted by Crippen LogP contribution is -2.04. The first-order valence-corrected chi connectivity index (χ1v) is 11.7. The number of allylic oxidation sites excluding steroid dienone is 8. The van der Waals surface area contributed by atoms with Crippen molar-refractivity contribution in [2.75, 3.05) is 0 Å². The molecule has 0 atom stereocenters. The molecule has 4 aromatic heterocycles. The molecule has 0 bridgehead atoms. The van der Waals surface area contributed by atoms with Gasteiger partial charge in [-0.05, 0) is 45.2 Å². The van der Waals surface area contributed by atoms with Gasteiger partial charge in [0.25, 0.3) is 0 Å². The van der Waals surface area contributed by atoms with Gasteiger partial charge in [0.1, 0.15) is 0 Å². The molecule has 0 aliphatic heterocycles. The molecular weight excluding hydrogens is 404 g/mol. The number of thiophene rings is 2. The summed E-state index contributed by atoms with van der Waals surface area (Å²) in [6.45, 7) is 8.67. The second kappa shape index (κ2) is 6.73. The molecule has 4 aromatic rings. The lowest BCUT2D eigenvalue weighted by atomic mass is 10.0. The zero-order chi connectivity index (χ0) is 20.2. The second-order valence-electron chi connectivity index (χ2n) is 7.78. The summed E-state index contributed by atoms with van der Waals surface area (Å²) >= 11 is 3.59. The Kier molecular flexibility index (Phi) is 3.98. The van der Waals surface area contributed by atoms with Crippen LogP contribution in [0.15, 0.2) is 59.3 Å². The molecule has 2 N–H and O–H groups in total. The van der Waals surface area contributed by atoms with Crippen molar-refractivity contribution in [3.63, 3.8) is 0 Å². The molecule has 2 nitrogen and oxygen atoms in total. The summed E-state index contributed by atoms with van der Waals surface area (Å²) in [7, 11) is 0. The van der Waals surface area contributed by atoms with Crippen LogP contribution < -0.4 is 10.7 Å². The molecule has 0 unspecified atom stereocenters. The summed E-state index contributed by atoms with van der Waals surface area (Å²) in [5.74, 6) is 0. The molecule has 0 spiro atoms. The number of rotatable bonds is 4. The van der Waals surface area contributed by atoms with E-state index in [9.17, 15) is 0 Å². The SMILES string of the molecule is C=c1[nH]c(C2=CC=C(c3cccs3)C2)c2c(=C)[nH]c(C3=CC=C(c4cccs4)C3)c12. The molecule has 0 aromatic carbocycles. The Labute approximate surface area is 182 Å². The van der Waals surface area contributed by atoms with Crippen LogP contribution in [0.5, 0.6) is 0 Å². The van der Waals surface area contributed by atoms with Crippen LogP contribution in [0, 0.1) is 0 Å². The van der Waals surface area contributed by atoms with Crippen LogP contribution in [-0.4, -0.2) is 9.97 Å². The van der Waals surface area contributed by atoms with Crippen molar-refractivity contribution >= 4 is 68.9 Å². The number of hydrogen-bond donors (Lipinski definition) is 2. The Morgan fingerprint density at radius 2 is 1.07 bits per heavy atom. The minimum Gasteiger partial charge on any atom is -0.355 e. The van der Waals surface area contributed by atoms with Gasteiger partial charge in [-0.25, -0.2) is 0 Å². The summed E-state index contributed by atoms with van der Waals surface area (Å²) in [4.78, 5) is 9.82. The lowest BCUT2D eigenvalue weighted by molar-refractivity contribution is 1.23. The van der Waals surface area contributed by atoms with E-state index in [1.54, 1.807) is 22.7 Å². The van der Waals surface area contributed by atoms with Gasteiger partial charge >= 0.3 is 0 Å². The average Bonchev–Trinajstić information content (AvgIpc) is 3.54. The second-order valence-corrected chi connectivity index (χ2v) is 9.68. The highest BCUT2D eigenvalue weighted by Gasteiger charge is 2.22. The van der Waals surface area contributed by atoms with E-state index in [-0.39, 0.29) is 0 Å². The Balaban J connectivity index is 1.36. The number of hydrogen-bond acceptors (Lipinski definition) is 2. The summed E-state index contributed by atoms with van der Waals surface area (Å²) < 4.78 is 0. The van der Waals surface area contributed by atoms with E-state index >= 15 is 0 Å². The number of aromatic nitrogens is 2. The molecule has 2 aliphatic carbocycles. The van der Waals surface area contributed by atoms with Crippen LogP contribution in [0.4, 0.5) is 0 Å². The molecule has 0 saturated carbocycles. The van der Waals surface area contributed by atoms with E-state index in [1.165, 1.54) is 42.8 Å². The van der Waals surface area contributed by atoms with E-state index in [1.807, 2.05) is 0 Å². The van der Waals surface area contributed by atoms with Crippen molar-refractivity contribution in [1.82, 2.24) is 9.97 Å². The molecule has 4 heteroatoms. The van der Waals surface area contributed by atoms with Gasteiger partial charge < -0.3 is 9.97 Å². The van der Waals surface area contributed by atoms with Gasteiger partial charge in [-0.2, -0.15) is 0 Å². The maximum atomic E-state index is 4.34. The molecule has 0 fully saturated rings. The topological polar surface area (TPSA) is 31.6 Å². The van der Waals surface area contributed by atoms with Crippen molar-refractivity contribution in [1.29, 1.82) is 0 Å². The van der Waals surface area contributed by atoms with Gasteiger partial charge in [0, 0.05) is 44.1 Å². The highest BCUT2D eigenvalue weighted by Crippen LogP contribution is 2.39. The fourth-order valence-corrected chi connectivity index (χ4v) is 6.04. The van der Waals surface area contributed by atoms with Crippen molar-refractivity contribution in [3.05, 3.63) is 91.2 Å². The maximum Gasteiger partial charge on any atom is 0.0522 e. The summed E-state index contributed by atoms with van der Waals surface area (Å²) in [6.07, 6.45) is 10.8. The molecule has 146 valence electrons. The van der Waals surface area contributed by atoms with Gasteiger partial charge in [0.05, 0.1) is 11.4 Å². The molecule has 30 heavy (non-hydrogen) atoms. The fraction of sp³-hybridized carbons (Fsp3) is 0.0769. The van der Waals surface area contributed by atoms with Crippen LogP contribution in [0.1, 0.15) is 34.0 Å². The van der Waals surface area contributed by atoms with Crippen molar-refractivity contribution < 1.29 is 0 Å². The summed E-state index contributed by atoms with van der Waals surface area (Å²) in [5, 5.41) is 8.53. The molecule has 0 amide bonds. The van der Waals surface area contributed by atoms with Crippen LogP contribution in [-0.2, 0) is 0 Å². The van der Waals surface area contributed by atoms with E-state index in [2.05, 4.69) is 82.5 Å². The van der Waals surface area contributed by atoms with Gasteiger partial charge in [-0.3, -0.25) is 0 Å². The standard InChI is InChI=1S/C26H20N2S2/c1-15-23-24(26(27-15)20-10-8-18(14-20)22-6-4-12-30-22)16(2)28-25(23)19-9-7-17(13-19)21-5-3-11-29-21/h3-12,27-28H,1-2,13-14H2. The van der Waals surface area contributed by atoms with Gasteiger partial charge in [0.15, 0.2) is 0 Å². The van der Waals surface area contributed by atoms with Gasteiger partial charge in [-0.15, -0.1) is 22.7 Å². The zero-order valence-corrected chi connectivity index (χ0v) is 18.1. The molecule has 2 aliphatic rings. The summed E-state index contributed by atoms with van der Waals surface area (Å²) in [5.41, 5.74) is 7.64.